The first kappa shape index (κ1) is 103. The average molecular weight is 1920 g/mol. The maximum atomic E-state index is 14.8. The summed E-state index contributed by atoms with van der Waals surface area (Å²) in [7, 11) is 1.76. The lowest BCUT2D eigenvalue weighted by molar-refractivity contribution is -0.118. The summed E-state index contributed by atoms with van der Waals surface area (Å²) in [5.41, 5.74) is 12.4. The zero-order chi connectivity index (χ0) is 101. The minimum Gasteiger partial charge on any atom is -0.344 e. The molecule has 0 radical (unpaired) electrons. The molecule has 16 rings (SSSR count). The minimum absolute atomic E-state index is 0.0109. The summed E-state index contributed by atoms with van der Waals surface area (Å²) in [4.78, 5) is 103. The molecule has 0 saturated heterocycles. The van der Waals surface area contributed by atoms with E-state index in [1.54, 1.807) is 89.7 Å². The Morgan fingerprint density at radius 1 is 0.355 bits per heavy atom. The van der Waals surface area contributed by atoms with Gasteiger partial charge < -0.3 is 52.4 Å². The van der Waals surface area contributed by atoms with Gasteiger partial charge in [0.15, 0.2) is 0 Å². The number of benzene rings is 5. The first-order valence-electron chi connectivity index (χ1n) is 47.8. The van der Waals surface area contributed by atoms with Gasteiger partial charge in [-0.1, -0.05) is 131 Å². The summed E-state index contributed by atoms with van der Waals surface area (Å²) in [6.07, 6.45) is 20.0. The number of carbonyl (C=O) groups is 7. The first-order valence-corrected chi connectivity index (χ1v) is 47.8. The van der Waals surface area contributed by atoms with Crippen LogP contribution in [0.25, 0.3) is 0 Å². The number of carbonyl (C=O) groups excluding carboxylic acids is 7. The van der Waals surface area contributed by atoms with E-state index < -0.39 is 47.4 Å². The maximum Gasteiger partial charge on any atom is 0.326 e. The molecule has 0 bridgehead atoms. The van der Waals surface area contributed by atoms with Crippen molar-refractivity contribution in [3.63, 3.8) is 0 Å². The van der Waals surface area contributed by atoms with Crippen molar-refractivity contribution in [2.24, 2.45) is 30.7 Å². The van der Waals surface area contributed by atoms with Crippen LogP contribution in [0.3, 0.4) is 0 Å². The molecular formula is C108H127F4N21O8. The van der Waals surface area contributed by atoms with Crippen molar-refractivity contribution in [3.8, 4) is 0 Å². The molecule has 7 heterocycles. The number of aromatic nitrogens is 9. The van der Waals surface area contributed by atoms with Gasteiger partial charge in [-0.2, -0.15) is 10.2 Å². The lowest BCUT2D eigenvalue weighted by Gasteiger charge is -2.20. The summed E-state index contributed by atoms with van der Waals surface area (Å²) in [5.74, 6) is 2.62. The second-order valence-electron chi connectivity index (χ2n) is 40.6. The van der Waals surface area contributed by atoms with Crippen molar-refractivity contribution in [1.82, 2.24) is 44.7 Å². The second kappa shape index (κ2) is 45.8. The molecule has 0 spiro atoms. The van der Waals surface area contributed by atoms with Gasteiger partial charge in [0.1, 0.15) is 58.2 Å². The number of urea groups is 4. The number of allylic oxidation sites excluding steroid dienone is 1. The molecule has 11 amide bonds. The molecule has 29 nitrogen and oxygen atoms in total. The second-order valence-corrected chi connectivity index (χ2v) is 40.6. The molecule has 12 aromatic rings. The number of aryl methyl sites for hydroxylation is 9. The Kier molecular flexibility index (Phi) is 33.6. The normalized spacial score (nSPS) is 13.4. The minimum atomic E-state index is -0.624. The van der Waals surface area contributed by atoms with E-state index in [-0.39, 0.29) is 91.8 Å². The number of halogens is 4. The number of nitrogens with one attached hydrogen (secondary N) is 12. The summed E-state index contributed by atoms with van der Waals surface area (Å²) in [5, 5.41) is 45.9. The number of rotatable bonds is 30. The van der Waals surface area contributed by atoms with Crippen LogP contribution in [0.2, 0.25) is 0 Å². The van der Waals surface area contributed by atoms with Gasteiger partial charge in [-0.3, -0.25) is 35.0 Å². The van der Waals surface area contributed by atoms with Gasteiger partial charge in [0.2, 0.25) is 23.6 Å². The number of amides is 11. The molecule has 740 valence electrons. The third kappa shape index (κ3) is 31.8. The summed E-state index contributed by atoms with van der Waals surface area (Å²) < 4.78 is 67.3. The molecule has 0 unspecified atom stereocenters. The number of nitrogens with zero attached hydrogens (tertiary/aromatic N) is 9. The molecule has 4 fully saturated rings. The zero-order valence-corrected chi connectivity index (χ0v) is 82.6. The lowest BCUT2D eigenvalue weighted by Crippen LogP contribution is -2.22. The van der Waals surface area contributed by atoms with Crippen molar-refractivity contribution in [1.29, 1.82) is 0 Å². The fraction of sp³-hybridized carbons (Fsp3) is 0.370. The van der Waals surface area contributed by atoms with Crippen LogP contribution >= 0.6 is 0 Å². The highest BCUT2D eigenvalue weighted by molar-refractivity contribution is 6.02. The molecule has 12 N–H and O–H groups in total. The zero-order valence-electron chi connectivity index (χ0n) is 82.6. The van der Waals surface area contributed by atoms with E-state index in [0.717, 1.165) is 118 Å². The Morgan fingerprint density at radius 3 is 1.01 bits per heavy atom. The fourth-order valence-electron chi connectivity index (χ4n) is 14.7. The summed E-state index contributed by atoms with van der Waals surface area (Å²) in [6.45, 7) is 32.6. The van der Waals surface area contributed by atoms with E-state index >= 15 is 0 Å². The highest BCUT2D eigenvalue weighted by Crippen LogP contribution is 2.38. The van der Waals surface area contributed by atoms with Gasteiger partial charge in [0.25, 0.3) is 0 Å². The molecule has 4 aliphatic rings. The van der Waals surface area contributed by atoms with E-state index in [1.807, 2.05) is 140 Å². The molecule has 0 aliphatic heterocycles. The monoisotopic (exact) mass is 1920 g/mol. The highest BCUT2D eigenvalue weighted by Gasteiger charge is 2.34. The predicted octanol–water partition coefficient (Wildman–Crippen LogP) is 23.7. The number of hydrogen-bond donors (Lipinski definition) is 12. The van der Waals surface area contributed by atoms with Crippen molar-refractivity contribution >= 4 is 111 Å². The van der Waals surface area contributed by atoms with Gasteiger partial charge in [-0.15, -0.1) is 0 Å². The number of pyridine rings is 4. The topological polar surface area (TPSA) is 377 Å². The van der Waals surface area contributed by atoms with E-state index in [4.69, 9.17) is 4.52 Å². The highest BCUT2D eigenvalue weighted by atomic mass is 19.1. The SMILES string of the molecule is C=C(Nc1cc(CCc2ccc(NC(=O)Nc3cc(C(C)(C)C)nn3C)c(F)c2)ccn1)C1CC1.CC(C)(C)c1cc(NC(=O)Nc2ccc(CCc3ccnc(NC(=O)C4CC4)c3)cc2F)on1.CC(C)(C)c1cccc(NC(=O)Nc2ccc(CCc3ccnc(NC(=O)C4CC4)c3)cc2F)c1.CC(C)n1nc(C(C)(C)C)cc1NC(=O)Nc1ccc(CCc2ccnc(NC(=O)C3CC3)c2)cc1F. The number of hydrogen-bond acceptors (Lipinski definition) is 16. The molecule has 7 aromatic heterocycles. The Hall–Kier alpha value is -14.9. The van der Waals surface area contributed by atoms with Crippen LogP contribution < -0.4 is 63.8 Å². The van der Waals surface area contributed by atoms with Crippen LogP contribution in [0.4, 0.5) is 106 Å². The van der Waals surface area contributed by atoms with E-state index in [9.17, 15) is 51.1 Å². The predicted molar refractivity (Wildman–Crippen MR) is 546 cm³/mol. The Balaban J connectivity index is 0.000000158. The summed E-state index contributed by atoms with van der Waals surface area (Å²) >= 11 is 0. The maximum absolute atomic E-state index is 14.8. The van der Waals surface area contributed by atoms with Crippen LogP contribution in [-0.4, -0.2) is 86.5 Å². The Bertz CT molecular complexity index is 6500. The van der Waals surface area contributed by atoms with Gasteiger partial charge in [-0.25, -0.2) is 61.4 Å². The van der Waals surface area contributed by atoms with Gasteiger partial charge in [-0.05, 0) is 287 Å². The average Bonchev–Trinajstić information content (AvgIpc) is 1.68. The largest absolute Gasteiger partial charge is 0.344 e. The first-order chi connectivity index (χ1) is 66.9. The van der Waals surface area contributed by atoms with E-state index in [1.165, 1.54) is 43.2 Å². The number of anilines is 12. The van der Waals surface area contributed by atoms with Crippen LogP contribution in [0.1, 0.15) is 221 Å². The standard InChI is InChI=1S/C28H35FN6O2.C28H31FN4O2.C27H33FN6O.C25H28FN5O3/c1-17(2)35-25(16-23(34-35)28(3,4)5)33-27(37)31-22-11-8-18(14-21(22)29)6-7-19-12-13-30-24(15-19)32-26(36)20-9-10-20;1-28(2,3)21-5-4-6-22(17-21)31-27(35)32-24-12-9-18(15-23(24)29)7-8-19-13-14-30-25(16-19)33-26(34)20-10-11-20;1-17(20-9-10-20)30-24-15-19(12-13-29-24)7-6-18-8-11-22(21(28)14-18)31-26(35)32-25-16-23(27(2,3)4)33-34(25)5;1-25(2,3)20-14-22(34-31-20)30-24(33)28-19-9-6-15(12-18(19)26)4-5-16-10-11-27-21(13-16)29-23(32)17-7-8-17/h8,11-17,20H,6-7,9-10H2,1-5H3,(H,30,32,36)(H2,31,33,37);4-6,9,12-17,20H,7-8,10-11H2,1-3H3,(H,30,33,34)(H2,31,32,35);8,11-16,20H,1,6-7,9-10H2,2-5H3,(H,29,30)(H2,31,32,35);6,9-14,17H,4-5,7-8H2,1-3H3,(H,27,29,32)(H2,28,30,33). The molecule has 141 heavy (non-hydrogen) atoms. The molecule has 33 heteroatoms. The molecule has 5 aromatic carbocycles. The molecular weight excluding hydrogens is 1800 g/mol. The third-order valence-corrected chi connectivity index (χ3v) is 23.8. The fourth-order valence-corrected chi connectivity index (χ4v) is 14.7. The van der Waals surface area contributed by atoms with Gasteiger partial charge in [0.05, 0.1) is 39.8 Å². The molecule has 4 aliphatic carbocycles. The molecule has 4 saturated carbocycles. The van der Waals surface area contributed by atoms with Crippen LogP contribution in [-0.2, 0) is 94.5 Å². The van der Waals surface area contributed by atoms with Crippen LogP contribution in [0.15, 0.2) is 205 Å². The van der Waals surface area contributed by atoms with Gasteiger partial charge >= 0.3 is 24.1 Å². The van der Waals surface area contributed by atoms with Crippen LogP contribution in [0, 0.1) is 46.9 Å². The van der Waals surface area contributed by atoms with Crippen molar-refractivity contribution in [2.45, 2.75) is 227 Å². The van der Waals surface area contributed by atoms with E-state index in [2.05, 4.69) is 147 Å². The third-order valence-electron chi connectivity index (χ3n) is 23.8. The smallest absolute Gasteiger partial charge is 0.326 e. The lowest BCUT2D eigenvalue weighted by atomic mass is 9.87. The Labute approximate surface area is 820 Å². The Morgan fingerprint density at radius 2 is 0.681 bits per heavy atom. The molecule has 0 atom stereocenters. The van der Waals surface area contributed by atoms with Crippen molar-refractivity contribution in [2.75, 3.05) is 63.8 Å². The quantitative estimate of drug-likeness (QED) is 0.0186. The van der Waals surface area contributed by atoms with Gasteiger partial charge in [0, 0.05) is 101 Å². The summed E-state index contributed by atoms with van der Waals surface area (Å²) in [6, 6.07) is 45.1. The van der Waals surface area contributed by atoms with E-state index in [0.29, 0.717) is 91.3 Å². The van der Waals surface area contributed by atoms with Crippen LogP contribution in [0.5, 0.6) is 0 Å². The van der Waals surface area contributed by atoms with Crippen molar-refractivity contribution in [3.05, 3.63) is 291 Å². The van der Waals surface area contributed by atoms with Crippen molar-refractivity contribution < 1.29 is 55.6 Å².